The quantitative estimate of drug-likeness (QED) is 0.318. The average molecular weight is 559 g/mol. The van der Waals surface area contributed by atoms with E-state index in [0.29, 0.717) is 26.2 Å². The van der Waals surface area contributed by atoms with Crippen LogP contribution in [0.4, 0.5) is 4.79 Å². The average Bonchev–Trinajstić information content (AvgIpc) is 3.55. The summed E-state index contributed by atoms with van der Waals surface area (Å²) in [5, 5.41) is 9.93. The third-order valence-electron chi connectivity index (χ3n) is 9.10. The molecule has 1 fully saturated rings. The summed E-state index contributed by atoms with van der Waals surface area (Å²) in [6.07, 6.45) is 4.29. The van der Waals surface area contributed by atoms with Crippen LogP contribution in [0.15, 0.2) is 54.7 Å². The standard InChI is InChI=1S/C32H42N6O3/c1-21(25-20-35-27-12-8-6-10-23(25)27)28(36-31(41)34-16-15-33-2)30(40)38-17-13-32(14-18-38)19-24(29(39)37(3)4)22-9-5-7-11-26(22)32/h5-12,20-21,24,28,33,35H,13-19H2,1-4H3,(H2,34,36,41)/t21-,24-,28?/m1/s1. The summed E-state index contributed by atoms with van der Waals surface area (Å²) in [5.41, 5.74) is 4.24. The van der Waals surface area contributed by atoms with Gasteiger partial charge >= 0.3 is 6.03 Å². The summed E-state index contributed by atoms with van der Waals surface area (Å²) < 4.78 is 0. The molecule has 4 N–H and O–H groups in total. The van der Waals surface area contributed by atoms with E-state index in [4.69, 9.17) is 0 Å². The second-order valence-corrected chi connectivity index (χ2v) is 11.7. The summed E-state index contributed by atoms with van der Waals surface area (Å²) in [4.78, 5) is 47.0. The zero-order valence-electron chi connectivity index (χ0n) is 24.5. The van der Waals surface area contributed by atoms with Crippen molar-refractivity contribution in [1.82, 2.24) is 30.7 Å². The van der Waals surface area contributed by atoms with E-state index in [2.05, 4.69) is 39.1 Å². The molecule has 2 aliphatic rings. The number of H-pyrrole nitrogens is 1. The van der Waals surface area contributed by atoms with Crippen molar-refractivity contribution < 1.29 is 14.4 Å². The number of hydrogen-bond acceptors (Lipinski definition) is 4. The van der Waals surface area contributed by atoms with Gasteiger partial charge in [-0.1, -0.05) is 49.4 Å². The van der Waals surface area contributed by atoms with E-state index in [-0.39, 0.29) is 35.1 Å². The van der Waals surface area contributed by atoms with E-state index < -0.39 is 6.04 Å². The molecule has 5 rings (SSSR count). The number of benzene rings is 2. The summed E-state index contributed by atoms with van der Waals surface area (Å²) >= 11 is 0. The molecule has 3 atom stereocenters. The van der Waals surface area contributed by atoms with Gasteiger partial charge in [-0.3, -0.25) is 9.59 Å². The van der Waals surface area contributed by atoms with Crippen LogP contribution >= 0.6 is 0 Å². The highest BCUT2D eigenvalue weighted by Gasteiger charge is 2.48. The molecule has 218 valence electrons. The number of likely N-dealkylation sites (tertiary alicyclic amines) is 1. The topological polar surface area (TPSA) is 110 Å². The molecule has 1 spiro atoms. The molecular formula is C32H42N6O3. The second kappa shape index (κ2) is 11.9. The molecule has 9 heteroatoms. The van der Waals surface area contributed by atoms with Gasteiger partial charge in [0.05, 0.1) is 5.92 Å². The number of para-hydroxylation sites is 1. The third kappa shape index (κ3) is 5.55. The van der Waals surface area contributed by atoms with Crippen LogP contribution in [-0.4, -0.2) is 86.0 Å². The van der Waals surface area contributed by atoms with Crippen LogP contribution in [0, 0.1) is 0 Å². The smallest absolute Gasteiger partial charge is 0.315 e. The number of urea groups is 1. The summed E-state index contributed by atoms with van der Waals surface area (Å²) in [7, 11) is 5.46. The number of likely N-dealkylation sites (N-methyl/N-ethyl adjacent to an activating group) is 2. The van der Waals surface area contributed by atoms with Gasteiger partial charge in [-0.05, 0) is 49.1 Å². The van der Waals surface area contributed by atoms with Crippen molar-refractivity contribution in [3.63, 3.8) is 0 Å². The highest BCUT2D eigenvalue weighted by molar-refractivity contribution is 5.90. The molecule has 2 heterocycles. The number of aromatic amines is 1. The molecule has 4 amide bonds. The summed E-state index contributed by atoms with van der Waals surface area (Å²) in [6, 6.07) is 15.2. The normalized spacial score (nSPS) is 19.0. The Morgan fingerprint density at radius 2 is 1.76 bits per heavy atom. The lowest BCUT2D eigenvalue weighted by atomic mass is 9.73. The first-order valence-electron chi connectivity index (χ1n) is 14.6. The fourth-order valence-electron chi connectivity index (χ4n) is 6.80. The number of carbonyl (C=O) groups is 3. The fourth-order valence-corrected chi connectivity index (χ4v) is 6.80. The van der Waals surface area contributed by atoms with E-state index in [1.54, 1.807) is 4.90 Å². The van der Waals surface area contributed by atoms with E-state index in [1.807, 2.05) is 69.5 Å². The molecule has 0 saturated carbocycles. The molecule has 9 nitrogen and oxygen atoms in total. The van der Waals surface area contributed by atoms with Gasteiger partial charge < -0.3 is 30.7 Å². The zero-order valence-corrected chi connectivity index (χ0v) is 24.5. The second-order valence-electron chi connectivity index (χ2n) is 11.7. The Bertz CT molecular complexity index is 1410. The Morgan fingerprint density at radius 1 is 1.05 bits per heavy atom. The number of carbonyl (C=O) groups excluding carboxylic acids is 3. The van der Waals surface area contributed by atoms with Crippen molar-refractivity contribution in [2.75, 3.05) is 47.3 Å². The monoisotopic (exact) mass is 558 g/mol. The van der Waals surface area contributed by atoms with Crippen molar-refractivity contribution in [3.05, 3.63) is 71.4 Å². The Hall–Kier alpha value is -3.85. The molecule has 1 aliphatic heterocycles. The third-order valence-corrected chi connectivity index (χ3v) is 9.10. The van der Waals surface area contributed by atoms with E-state index in [9.17, 15) is 14.4 Å². The zero-order chi connectivity index (χ0) is 29.1. The molecule has 1 aromatic heterocycles. The van der Waals surface area contributed by atoms with Crippen LogP contribution in [0.1, 0.15) is 54.7 Å². The van der Waals surface area contributed by atoms with Gasteiger partial charge in [-0.25, -0.2) is 4.79 Å². The van der Waals surface area contributed by atoms with Gasteiger partial charge in [0.1, 0.15) is 6.04 Å². The van der Waals surface area contributed by atoms with Gasteiger partial charge in [0.2, 0.25) is 11.8 Å². The number of aromatic nitrogens is 1. The summed E-state index contributed by atoms with van der Waals surface area (Å²) in [5.74, 6) is -0.345. The van der Waals surface area contributed by atoms with Gasteiger partial charge in [0.25, 0.3) is 0 Å². The molecule has 3 aromatic rings. The minimum Gasteiger partial charge on any atom is -0.361 e. The molecule has 1 aliphatic carbocycles. The van der Waals surface area contributed by atoms with Crippen LogP contribution < -0.4 is 16.0 Å². The number of nitrogens with zero attached hydrogens (tertiary/aromatic N) is 2. The molecule has 0 radical (unpaired) electrons. The number of piperidine rings is 1. The highest BCUT2D eigenvalue weighted by Crippen LogP contribution is 2.52. The van der Waals surface area contributed by atoms with Crippen molar-refractivity contribution in [2.24, 2.45) is 0 Å². The number of hydrogen-bond donors (Lipinski definition) is 4. The highest BCUT2D eigenvalue weighted by atomic mass is 16.2. The van der Waals surface area contributed by atoms with Gasteiger partial charge in [-0.2, -0.15) is 0 Å². The lowest BCUT2D eigenvalue weighted by Crippen LogP contribution is -2.56. The summed E-state index contributed by atoms with van der Waals surface area (Å²) in [6.45, 7) is 4.26. The molecule has 0 bridgehead atoms. The van der Waals surface area contributed by atoms with Crippen LogP contribution in [0.3, 0.4) is 0 Å². The van der Waals surface area contributed by atoms with Crippen molar-refractivity contribution in [2.45, 2.75) is 49.5 Å². The fraction of sp³-hybridized carbons (Fsp3) is 0.469. The lowest BCUT2D eigenvalue weighted by molar-refractivity contribution is -0.136. The molecule has 1 saturated heterocycles. The van der Waals surface area contributed by atoms with Crippen LogP contribution in [0.5, 0.6) is 0 Å². The largest absolute Gasteiger partial charge is 0.361 e. The molecule has 1 unspecified atom stereocenters. The first kappa shape index (κ1) is 28.7. The van der Waals surface area contributed by atoms with Crippen molar-refractivity contribution in [3.8, 4) is 0 Å². The van der Waals surface area contributed by atoms with Crippen LogP contribution in [-0.2, 0) is 15.0 Å². The maximum absolute atomic E-state index is 14.1. The number of fused-ring (bicyclic) bond motifs is 3. The van der Waals surface area contributed by atoms with Gasteiger partial charge in [-0.15, -0.1) is 0 Å². The predicted octanol–water partition coefficient (Wildman–Crippen LogP) is 3.29. The van der Waals surface area contributed by atoms with Crippen LogP contribution in [0.2, 0.25) is 0 Å². The predicted molar refractivity (Wildman–Crippen MR) is 161 cm³/mol. The minimum atomic E-state index is -0.725. The van der Waals surface area contributed by atoms with E-state index in [1.165, 1.54) is 5.56 Å². The Kier molecular flexibility index (Phi) is 8.35. The molecular weight excluding hydrogens is 516 g/mol. The van der Waals surface area contributed by atoms with Gasteiger partial charge in [0.15, 0.2) is 0 Å². The SMILES string of the molecule is CNCCNC(=O)NC(C(=O)N1CCC2(CC1)C[C@@H](C(=O)N(C)C)c1ccccc12)[C@H](C)c1c[nH]c2ccccc12. The van der Waals surface area contributed by atoms with E-state index in [0.717, 1.165) is 41.3 Å². The Labute approximate surface area is 242 Å². The van der Waals surface area contributed by atoms with Crippen LogP contribution in [0.25, 0.3) is 10.9 Å². The number of rotatable bonds is 8. The Balaban J connectivity index is 1.36. The maximum atomic E-state index is 14.1. The Morgan fingerprint density at radius 3 is 2.49 bits per heavy atom. The van der Waals surface area contributed by atoms with Crippen molar-refractivity contribution >= 4 is 28.7 Å². The van der Waals surface area contributed by atoms with Gasteiger partial charge in [0, 0.05) is 68.7 Å². The number of amides is 4. The number of nitrogens with one attached hydrogen (secondary N) is 4. The molecule has 2 aromatic carbocycles. The first-order valence-corrected chi connectivity index (χ1v) is 14.6. The minimum absolute atomic E-state index is 0.0754. The van der Waals surface area contributed by atoms with Crippen molar-refractivity contribution in [1.29, 1.82) is 0 Å². The maximum Gasteiger partial charge on any atom is 0.315 e. The first-order chi connectivity index (χ1) is 19.8. The van der Waals surface area contributed by atoms with E-state index >= 15 is 0 Å². The molecule has 41 heavy (non-hydrogen) atoms. The lowest BCUT2D eigenvalue weighted by Gasteiger charge is -2.42.